The van der Waals surface area contributed by atoms with Crippen LogP contribution in [0.15, 0.2) is 18.2 Å². The lowest BCUT2D eigenvalue weighted by Crippen LogP contribution is -2.21. The second-order valence-corrected chi connectivity index (χ2v) is 3.73. The molecule has 82 valence electrons. The largest absolute Gasteiger partial charge is 0.497 e. The van der Waals surface area contributed by atoms with Gasteiger partial charge in [-0.2, -0.15) is 0 Å². The average molecular weight is 207 g/mol. The van der Waals surface area contributed by atoms with E-state index in [-0.39, 0.29) is 6.04 Å². The minimum absolute atomic E-state index is 0.276. The summed E-state index contributed by atoms with van der Waals surface area (Å²) in [6.45, 7) is 1.54. The van der Waals surface area contributed by atoms with Gasteiger partial charge in [0, 0.05) is 0 Å². The van der Waals surface area contributed by atoms with Crippen molar-refractivity contribution < 1.29 is 9.47 Å². The number of rotatable bonds is 2. The molecule has 3 heteroatoms. The molecule has 0 amide bonds. The SMILES string of the molecule is CNC1COCCc2ccc(OC)cc21. The highest BCUT2D eigenvalue weighted by Gasteiger charge is 2.17. The van der Waals surface area contributed by atoms with Crippen LogP contribution in [0, 0.1) is 0 Å². The highest BCUT2D eigenvalue weighted by Crippen LogP contribution is 2.26. The predicted octanol–water partition coefficient (Wildman–Crippen LogP) is 1.53. The van der Waals surface area contributed by atoms with Crippen molar-refractivity contribution in [3.05, 3.63) is 29.3 Å². The Morgan fingerprint density at radius 1 is 1.47 bits per heavy atom. The van der Waals surface area contributed by atoms with Crippen LogP contribution in [0.1, 0.15) is 17.2 Å². The monoisotopic (exact) mass is 207 g/mol. The van der Waals surface area contributed by atoms with E-state index in [0.717, 1.165) is 25.4 Å². The van der Waals surface area contributed by atoms with Crippen molar-refractivity contribution in [2.45, 2.75) is 12.5 Å². The third-order valence-corrected chi connectivity index (χ3v) is 2.88. The first-order valence-electron chi connectivity index (χ1n) is 5.27. The molecule has 0 fully saturated rings. The van der Waals surface area contributed by atoms with Gasteiger partial charge in [-0.05, 0) is 36.7 Å². The maximum atomic E-state index is 5.55. The molecule has 0 radical (unpaired) electrons. The van der Waals surface area contributed by atoms with Gasteiger partial charge in [0.15, 0.2) is 0 Å². The van der Waals surface area contributed by atoms with Gasteiger partial charge in [-0.1, -0.05) is 6.07 Å². The van der Waals surface area contributed by atoms with Crippen molar-refractivity contribution >= 4 is 0 Å². The second kappa shape index (κ2) is 4.64. The molecule has 0 bridgehead atoms. The lowest BCUT2D eigenvalue weighted by Gasteiger charge is -2.16. The minimum atomic E-state index is 0.276. The highest BCUT2D eigenvalue weighted by molar-refractivity contribution is 5.38. The maximum Gasteiger partial charge on any atom is 0.119 e. The Hall–Kier alpha value is -1.06. The van der Waals surface area contributed by atoms with Gasteiger partial charge in [0.25, 0.3) is 0 Å². The van der Waals surface area contributed by atoms with Gasteiger partial charge in [-0.25, -0.2) is 0 Å². The number of methoxy groups -OCH3 is 1. The first-order valence-corrected chi connectivity index (χ1v) is 5.27. The summed E-state index contributed by atoms with van der Waals surface area (Å²) < 4.78 is 10.8. The molecule has 1 aromatic rings. The molecule has 1 aromatic carbocycles. The van der Waals surface area contributed by atoms with Crippen LogP contribution in [0.2, 0.25) is 0 Å². The van der Waals surface area contributed by atoms with E-state index in [1.165, 1.54) is 11.1 Å². The standard InChI is InChI=1S/C12H17NO2/c1-13-12-8-15-6-5-9-3-4-10(14-2)7-11(9)12/h3-4,7,12-13H,5-6,8H2,1-2H3. The van der Waals surface area contributed by atoms with E-state index >= 15 is 0 Å². The van der Waals surface area contributed by atoms with E-state index in [2.05, 4.69) is 17.4 Å². The topological polar surface area (TPSA) is 30.5 Å². The van der Waals surface area contributed by atoms with Crippen molar-refractivity contribution in [1.82, 2.24) is 5.32 Å². The number of ether oxygens (including phenoxy) is 2. The summed E-state index contributed by atoms with van der Waals surface area (Å²) in [5.74, 6) is 0.913. The molecule has 2 rings (SSSR count). The Balaban J connectivity index is 2.38. The molecule has 1 aliphatic heterocycles. The fourth-order valence-corrected chi connectivity index (χ4v) is 1.96. The van der Waals surface area contributed by atoms with E-state index in [0.29, 0.717) is 0 Å². The van der Waals surface area contributed by atoms with Crippen LogP contribution in [0.25, 0.3) is 0 Å². The lowest BCUT2D eigenvalue weighted by atomic mass is 9.99. The molecule has 1 aliphatic rings. The molecule has 3 nitrogen and oxygen atoms in total. The molecule has 1 heterocycles. The van der Waals surface area contributed by atoms with Crippen LogP contribution in [0.4, 0.5) is 0 Å². The zero-order chi connectivity index (χ0) is 10.7. The molecule has 0 spiro atoms. The number of hydrogen-bond donors (Lipinski definition) is 1. The first-order chi connectivity index (χ1) is 7.35. The van der Waals surface area contributed by atoms with Gasteiger partial charge >= 0.3 is 0 Å². The number of benzene rings is 1. The van der Waals surface area contributed by atoms with Crippen LogP contribution in [0.5, 0.6) is 5.75 Å². The van der Waals surface area contributed by atoms with E-state index in [1.54, 1.807) is 7.11 Å². The Morgan fingerprint density at radius 2 is 2.33 bits per heavy atom. The quantitative estimate of drug-likeness (QED) is 0.797. The molecular weight excluding hydrogens is 190 g/mol. The summed E-state index contributed by atoms with van der Waals surface area (Å²) >= 11 is 0. The van der Waals surface area contributed by atoms with E-state index < -0.39 is 0 Å². The summed E-state index contributed by atoms with van der Waals surface area (Å²) in [6, 6.07) is 6.52. The van der Waals surface area contributed by atoms with Gasteiger partial charge in [0.05, 0.1) is 26.4 Å². The normalized spacial score (nSPS) is 20.5. The van der Waals surface area contributed by atoms with Gasteiger partial charge in [-0.15, -0.1) is 0 Å². The third kappa shape index (κ3) is 2.13. The fraction of sp³-hybridized carbons (Fsp3) is 0.500. The maximum absolute atomic E-state index is 5.55. The van der Waals surface area contributed by atoms with Crippen LogP contribution in [-0.4, -0.2) is 27.4 Å². The molecule has 15 heavy (non-hydrogen) atoms. The summed E-state index contributed by atoms with van der Waals surface area (Å²) in [6.07, 6.45) is 0.984. The molecule has 0 saturated carbocycles. The average Bonchev–Trinajstić information content (AvgIpc) is 2.49. The zero-order valence-corrected chi connectivity index (χ0v) is 9.25. The summed E-state index contributed by atoms with van der Waals surface area (Å²) in [4.78, 5) is 0. The van der Waals surface area contributed by atoms with Crippen LogP contribution >= 0.6 is 0 Å². The summed E-state index contributed by atoms with van der Waals surface area (Å²) in [5, 5.41) is 3.27. The predicted molar refractivity (Wildman–Crippen MR) is 59.3 cm³/mol. The third-order valence-electron chi connectivity index (χ3n) is 2.88. The first kappa shape index (κ1) is 10.5. The molecule has 1 unspecified atom stereocenters. The second-order valence-electron chi connectivity index (χ2n) is 3.73. The number of hydrogen-bond acceptors (Lipinski definition) is 3. The zero-order valence-electron chi connectivity index (χ0n) is 9.25. The molecule has 1 N–H and O–H groups in total. The van der Waals surface area contributed by atoms with Gasteiger partial charge in [0.2, 0.25) is 0 Å². The number of likely N-dealkylation sites (N-methyl/N-ethyl adjacent to an activating group) is 1. The van der Waals surface area contributed by atoms with E-state index in [1.807, 2.05) is 13.1 Å². The van der Waals surface area contributed by atoms with E-state index in [9.17, 15) is 0 Å². The Labute approximate surface area is 90.4 Å². The molecule has 0 saturated heterocycles. The minimum Gasteiger partial charge on any atom is -0.497 e. The molecule has 0 aliphatic carbocycles. The number of nitrogens with one attached hydrogen (secondary N) is 1. The molecule has 1 atom stereocenters. The van der Waals surface area contributed by atoms with Crippen molar-refractivity contribution in [3.63, 3.8) is 0 Å². The van der Waals surface area contributed by atoms with Crippen LogP contribution in [0.3, 0.4) is 0 Å². The summed E-state index contributed by atoms with van der Waals surface area (Å²) in [7, 11) is 3.66. The van der Waals surface area contributed by atoms with Crippen LogP contribution < -0.4 is 10.1 Å². The Kier molecular flexibility index (Phi) is 3.23. The number of fused-ring (bicyclic) bond motifs is 1. The van der Waals surface area contributed by atoms with Gasteiger partial charge in [-0.3, -0.25) is 0 Å². The van der Waals surface area contributed by atoms with E-state index in [4.69, 9.17) is 9.47 Å². The smallest absolute Gasteiger partial charge is 0.119 e. The van der Waals surface area contributed by atoms with Crippen LogP contribution in [-0.2, 0) is 11.2 Å². The molecule has 0 aromatic heterocycles. The van der Waals surface area contributed by atoms with Crippen molar-refractivity contribution in [1.29, 1.82) is 0 Å². The molecular formula is C12H17NO2. The Bertz CT molecular complexity index is 338. The van der Waals surface area contributed by atoms with Crippen molar-refractivity contribution in [2.75, 3.05) is 27.4 Å². The summed E-state index contributed by atoms with van der Waals surface area (Å²) in [5.41, 5.74) is 2.65. The Morgan fingerprint density at radius 3 is 3.07 bits per heavy atom. The lowest BCUT2D eigenvalue weighted by molar-refractivity contribution is 0.123. The van der Waals surface area contributed by atoms with Crippen molar-refractivity contribution in [3.8, 4) is 5.75 Å². The fourth-order valence-electron chi connectivity index (χ4n) is 1.96. The van der Waals surface area contributed by atoms with Gasteiger partial charge in [0.1, 0.15) is 5.75 Å². The highest BCUT2D eigenvalue weighted by atomic mass is 16.5. The van der Waals surface area contributed by atoms with Crippen molar-refractivity contribution in [2.24, 2.45) is 0 Å². The van der Waals surface area contributed by atoms with Gasteiger partial charge < -0.3 is 14.8 Å².